The Morgan fingerprint density at radius 3 is 3.11 bits per heavy atom. The van der Waals surface area contributed by atoms with Crippen LogP contribution in [-0.2, 0) is 29.1 Å². The number of hydroxylamine groups is 2. The number of aromatic nitrogens is 2. The highest BCUT2D eigenvalue weighted by atomic mass is 16.7. The molecular weight excluding hydrogens is 248 g/mol. The van der Waals surface area contributed by atoms with Crippen molar-refractivity contribution in [2.24, 2.45) is 0 Å². The van der Waals surface area contributed by atoms with E-state index in [0.29, 0.717) is 13.0 Å². The first-order chi connectivity index (χ1) is 9.15. The van der Waals surface area contributed by atoms with E-state index in [9.17, 15) is 9.90 Å². The highest BCUT2D eigenvalue weighted by Gasteiger charge is 2.20. The van der Waals surface area contributed by atoms with Crippen LogP contribution in [0.4, 0.5) is 0 Å². The standard InChI is InChI=1S/C12H20N4O3/c1-9-11-5-13-4-3-12(11)14-16(9)6-10(7-17)19-15(2)8-18/h8,10,13,17H,3-7H2,1-2H3. The molecule has 106 valence electrons. The fourth-order valence-corrected chi connectivity index (χ4v) is 2.25. The highest BCUT2D eigenvalue weighted by Crippen LogP contribution is 2.17. The monoisotopic (exact) mass is 268 g/mol. The molecule has 19 heavy (non-hydrogen) atoms. The van der Waals surface area contributed by atoms with Gasteiger partial charge in [0.05, 0.1) is 18.8 Å². The summed E-state index contributed by atoms with van der Waals surface area (Å²) in [7, 11) is 1.50. The number of hydrogen-bond donors (Lipinski definition) is 2. The van der Waals surface area contributed by atoms with E-state index in [0.717, 1.165) is 36.0 Å². The molecule has 1 aromatic heterocycles. The highest BCUT2D eigenvalue weighted by molar-refractivity contribution is 5.44. The number of aliphatic hydroxyl groups is 1. The summed E-state index contributed by atoms with van der Waals surface area (Å²) in [5, 5.41) is 18.2. The molecule has 0 aromatic carbocycles. The lowest BCUT2D eigenvalue weighted by molar-refractivity contribution is -0.192. The Labute approximate surface area is 112 Å². The first-order valence-electron chi connectivity index (χ1n) is 6.37. The Balaban J connectivity index is 2.09. The Hall–Kier alpha value is -1.44. The number of nitrogens with one attached hydrogen (secondary N) is 1. The van der Waals surface area contributed by atoms with Crippen molar-refractivity contribution in [2.45, 2.75) is 32.5 Å². The molecule has 0 bridgehead atoms. The average Bonchev–Trinajstić information content (AvgIpc) is 2.75. The van der Waals surface area contributed by atoms with Crippen LogP contribution in [0.1, 0.15) is 17.0 Å². The third-order valence-electron chi connectivity index (χ3n) is 3.30. The van der Waals surface area contributed by atoms with Crippen molar-refractivity contribution in [3.05, 3.63) is 17.0 Å². The number of carbonyl (C=O) groups excluding carboxylic acids is 1. The second kappa shape index (κ2) is 6.14. The Morgan fingerprint density at radius 2 is 2.47 bits per heavy atom. The molecule has 1 atom stereocenters. The van der Waals surface area contributed by atoms with E-state index in [1.807, 2.05) is 11.6 Å². The number of carbonyl (C=O) groups is 1. The molecule has 0 fully saturated rings. The molecule has 7 nitrogen and oxygen atoms in total. The largest absolute Gasteiger partial charge is 0.393 e. The molecular formula is C12H20N4O3. The molecule has 1 aliphatic heterocycles. The van der Waals surface area contributed by atoms with Gasteiger partial charge in [-0.1, -0.05) is 0 Å². The topological polar surface area (TPSA) is 79.6 Å². The van der Waals surface area contributed by atoms with Crippen LogP contribution in [0.25, 0.3) is 0 Å². The van der Waals surface area contributed by atoms with Crippen molar-refractivity contribution in [2.75, 3.05) is 20.2 Å². The van der Waals surface area contributed by atoms with E-state index in [1.165, 1.54) is 12.6 Å². The predicted octanol–water partition coefficient (Wildman–Crippen LogP) is -0.782. The zero-order valence-electron chi connectivity index (χ0n) is 11.3. The summed E-state index contributed by atoms with van der Waals surface area (Å²) in [6.07, 6.45) is 0.999. The lowest BCUT2D eigenvalue weighted by Crippen LogP contribution is -2.32. The molecule has 0 spiro atoms. The van der Waals surface area contributed by atoms with Crippen LogP contribution in [0.5, 0.6) is 0 Å². The molecule has 1 aliphatic rings. The number of rotatable bonds is 6. The van der Waals surface area contributed by atoms with E-state index in [4.69, 9.17) is 4.84 Å². The van der Waals surface area contributed by atoms with Crippen LogP contribution >= 0.6 is 0 Å². The van der Waals surface area contributed by atoms with Crippen molar-refractivity contribution in [3.63, 3.8) is 0 Å². The lowest BCUT2D eigenvalue weighted by Gasteiger charge is -2.20. The van der Waals surface area contributed by atoms with Gasteiger partial charge >= 0.3 is 0 Å². The molecule has 2 heterocycles. The van der Waals surface area contributed by atoms with Crippen molar-refractivity contribution >= 4 is 6.41 Å². The maximum absolute atomic E-state index is 10.5. The molecule has 1 aromatic rings. The molecule has 0 radical (unpaired) electrons. The minimum atomic E-state index is -0.483. The molecule has 7 heteroatoms. The molecule has 1 amide bonds. The van der Waals surface area contributed by atoms with Gasteiger partial charge < -0.3 is 10.4 Å². The quantitative estimate of drug-likeness (QED) is 0.522. The number of nitrogens with zero attached hydrogens (tertiary/aromatic N) is 3. The maximum atomic E-state index is 10.5. The van der Waals surface area contributed by atoms with Gasteiger partial charge in [0.2, 0.25) is 6.41 Å². The Morgan fingerprint density at radius 1 is 1.68 bits per heavy atom. The maximum Gasteiger partial charge on any atom is 0.233 e. The minimum Gasteiger partial charge on any atom is -0.393 e. The SMILES string of the molecule is Cc1c2c(nn1CC(CO)ON(C)C=O)CCNC2. The van der Waals surface area contributed by atoms with Crippen LogP contribution in [0.15, 0.2) is 0 Å². The number of fused-ring (bicyclic) bond motifs is 1. The summed E-state index contributed by atoms with van der Waals surface area (Å²) in [6.45, 7) is 4.04. The van der Waals surface area contributed by atoms with Crippen LogP contribution < -0.4 is 5.32 Å². The summed E-state index contributed by atoms with van der Waals surface area (Å²) < 4.78 is 1.84. The Bertz CT molecular complexity index is 446. The second-order valence-electron chi connectivity index (χ2n) is 4.68. The first kappa shape index (κ1) is 14.0. The van der Waals surface area contributed by atoms with Gasteiger partial charge in [0, 0.05) is 37.8 Å². The lowest BCUT2D eigenvalue weighted by atomic mass is 10.1. The summed E-state index contributed by atoms with van der Waals surface area (Å²) >= 11 is 0. The van der Waals surface area contributed by atoms with Crippen LogP contribution in [0.3, 0.4) is 0 Å². The predicted molar refractivity (Wildman–Crippen MR) is 68.2 cm³/mol. The normalized spacial score (nSPS) is 15.9. The third kappa shape index (κ3) is 3.12. The molecule has 0 aliphatic carbocycles. The van der Waals surface area contributed by atoms with Crippen molar-refractivity contribution in [1.29, 1.82) is 0 Å². The zero-order valence-corrected chi connectivity index (χ0v) is 11.3. The van der Waals surface area contributed by atoms with Crippen LogP contribution in [0.2, 0.25) is 0 Å². The first-order valence-corrected chi connectivity index (χ1v) is 6.37. The van der Waals surface area contributed by atoms with Crippen molar-refractivity contribution in [1.82, 2.24) is 20.2 Å². The molecule has 2 N–H and O–H groups in total. The van der Waals surface area contributed by atoms with Crippen LogP contribution in [0, 0.1) is 6.92 Å². The fourth-order valence-electron chi connectivity index (χ4n) is 2.25. The van der Waals surface area contributed by atoms with E-state index in [-0.39, 0.29) is 6.61 Å². The van der Waals surface area contributed by atoms with Gasteiger partial charge in [-0.3, -0.25) is 14.3 Å². The van der Waals surface area contributed by atoms with Crippen LogP contribution in [-0.4, -0.2) is 52.7 Å². The number of aliphatic hydroxyl groups excluding tert-OH is 1. The van der Waals surface area contributed by atoms with Crippen molar-refractivity contribution < 1.29 is 14.7 Å². The van der Waals surface area contributed by atoms with Gasteiger partial charge in [-0.15, -0.1) is 0 Å². The fraction of sp³-hybridized carbons (Fsp3) is 0.667. The van der Waals surface area contributed by atoms with E-state index < -0.39 is 6.10 Å². The van der Waals surface area contributed by atoms with Gasteiger partial charge in [0.15, 0.2) is 0 Å². The summed E-state index contributed by atoms with van der Waals surface area (Å²) in [5.74, 6) is 0. The summed E-state index contributed by atoms with van der Waals surface area (Å²) in [5.41, 5.74) is 3.42. The smallest absolute Gasteiger partial charge is 0.233 e. The summed E-state index contributed by atoms with van der Waals surface area (Å²) in [6, 6.07) is 0. The molecule has 1 unspecified atom stereocenters. The average molecular weight is 268 g/mol. The van der Waals surface area contributed by atoms with Gasteiger partial charge in [-0.25, -0.2) is 5.06 Å². The molecule has 0 saturated heterocycles. The molecule has 2 rings (SSSR count). The van der Waals surface area contributed by atoms with Gasteiger partial charge in [-0.2, -0.15) is 5.10 Å². The minimum absolute atomic E-state index is 0.166. The van der Waals surface area contributed by atoms with Gasteiger partial charge in [0.25, 0.3) is 0 Å². The summed E-state index contributed by atoms with van der Waals surface area (Å²) in [4.78, 5) is 15.8. The van der Waals surface area contributed by atoms with E-state index in [2.05, 4.69) is 10.4 Å². The number of amides is 1. The zero-order chi connectivity index (χ0) is 13.8. The Kier molecular flexibility index (Phi) is 4.52. The van der Waals surface area contributed by atoms with Crippen molar-refractivity contribution in [3.8, 4) is 0 Å². The molecule has 0 saturated carbocycles. The number of hydrogen-bond acceptors (Lipinski definition) is 5. The van der Waals surface area contributed by atoms with Gasteiger partial charge in [0.1, 0.15) is 6.10 Å². The van der Waals surface area contributed by atoms with E-state index in [1.54, 1.807) is 0 Å². The van der Waals surface area contributed by atoms with E-state index >= 15 is 0 Å². The third-order valence-corrected chi connectivity index (χ3v) is 3.30. The van der Waals surface area contributed by atoms with Gasteiger partial charge in [-0.05, 0) is 6.92 Å². The second-order valence-corrected chi connectivity index (χ2v) is 4.68.